The van der Waals surface area contributed by atoms with Gasteiger partial charge in [-0.2, -0.15) is 18.3 Å². The lowest BCUT2D eigenvalue weighted by atomic mass is 10.1. The minimum atomic E-state index is -4.73. The maximum Gasteiger partial charge on any atom is 0.511 e. The Hall–Kier alpha value is -5.07. The summed E-state index contributed by atoms with van der Waals surface area (Å²) in [5.74, 6) is -0.326. The first-order valence-corrected chi connectivity index (χ1v) is 16.2. The molecular formula is C30H37F3N6O9S. The first-order chi connectivity index (χ1) is 22.8. The van der Waals surface area contributed by atoms with Crippen LogP contribution >= 0.6 is 0 Å². The van der Waals surface area contributed by atoms with Crippen molar-refractivity contribution < 1.29 is 55.2 Å². The fourth-order valence-electron chi connectivity index (χ4n) is 4.17. The van der Waals surface area contributed by atoms with E-state index in [2.05, 4.69) is 10.4 Å². The number of halogens is 3. The normalized spacial score (nSPS) is 13.5. The molecule has 0 bridgehead atoms. The number of hydrogen-bond donors (Lipinski definition) is 1. The van der Waals surface area contributed by atoms with Crippen LogP contribution in [0.5, 0.6) is 0 Å². The van der Waals surface area contributed by atoms with Crippen LogP contribution in [-0.4, -0.2) is 72.5 Å². The zero-order valence-corrected chi connectivity index (χ0v) is 28.5. The van der Waals surface area contributed by atoms with Crippen molar-refractivity contribution in [2.24, 2.45) is 11.2 Å². The predicted octanol–water partition coefficient (Wildman–Crippen LogP) is 5.95. The number of sulfonamides is 1. The van der Waals surface area contributed by atoms with Gasteiger partial charge in [-0.05, 0) is 57.0 Å². The summed E-state index contributed by atoms with van der Waals surface area (Å²) in [5.41, 5.74) is 0.467. The molecule has 15 nitrogen and oxygen atoms in total. The molecule has 0 saturated heterocycles. The average molecular weight is 715 g/mol. The number of nitrogens with zero attached hydrogens (tertiary/aromatic N) is 5. The van der Waals surface area contributed by atoms with Crippen LogP contribution in [0.1, 0.15) is 45.9 Å². The molecule has 1 aromatic heterocycles. The van der Waals surface area contributed by atoms with Crippen molar-refractivity contribution in [1.82, 2.24) is 19.5 Å². The number of carbonyl (C=O) groups is 2. The van der Waals surface area contributed by atoms with Crippen LogP contribution in [0.25, 0.3) is 16.9 Å². The van der Waals surface area contributed by atoms with E-state index < -0.39 is 59.2 Å². The predicted molar refractivity (Wildman–Crippen MR) is 166 cm³/mol. The van der Waals surface area contributed by atoms with Crippen molar-refractivity contribution in [3.05, 3.63) is 71.1 Å². The summed E-state index contributed by atoms with van der Waals surface area (Å²) in [6.07, 6.45) is -8.83. The van der Waals surface area contributed by atoms with E-state index in [9.17, 15) is 36.4 Å². The van der Waals surface area contributed by atoms with Gasteiger partial charge in [-0.1, -0.05) is 43.7 Å². The first kappa shape index (κ1) is 38.4. The van der Waals surface area contributed by atoms with E-state index in [4.69, 9.17) is 19.0 Å². The number of aryl methyl sites for hydroxylation is 1. The molecule has 268 valence electrons. The first-order valence-electron chi connectivity index (χ1n) is 14.8. The van der Waals surface area contributed by atoms with Gasteiger partial charge in [0.15, 0.2) is 5.69 Å². The molecule has 0 aliphatic carbocycles. The molecule has 0 aliphatic rings. The van der Waals surface area contributed by atoms with Crippen molar-refractivity contribution in [3.8, 4) is 16.9 Å². The van der Waals surface area contributed by atoms with Gasteiger partial charge >= 0.3 is 18.4 Å². The number of carbonyl (C=O) groups excluding carboxylic acids is 2. The number of benzene rings is 2. The van der Waals surface area contributed by atoms with Gasteiger partial charge in [0.1, 0.15) is 12.6 Å². The Kier molecular flexibility index (Phi) is 12.4. The summed E-state index contributed by atoms with van der Waals surface area (Å²) in [6.45, 7) is 9.28. The number of hydrogen-bond acceptors (Lipinski definition) is 11. The monoisotopic (exact) mass is 714 g/mol. The fraction of sp³-hybridized carbons (Fsp3) is 0.433. The molecule has 0 aliphatic heterocycles. The molecule has 49 heavy (non-hydrogen) atoms. The molecule has 1 N–H and O–H groups in total. The van der Waals surface area contributed by atoms with Gasteiger partial charge in [-0.3, -0.25) is 4.84 Å². The quantitative estimate of drug-likeness (QED) is 0.0727. The summed E-state index contributed by atoms with van der Waals surface area (Å²) in [7, 11) is -3.18. The average Bonchev–Trinajstić information content (AvgIpc) is 3.46. The fourth-order valence-corrected chi connectivity index (χ4v) is 5.06. The number of nitrogens with one attached hydrogen (secondary N) is 1. The van der Waals surface area contributed by atoms with E-state index in [1.807, 2.05) is 6.92 Å². The van der Waals surface area contributed by atoms with Crippen LogP contribution < -0.4 is 4.72 Å². The summed E-state index contributed by atoms with van der Waals surface area (Å²) < 4.78 is 83.9. The third-order valence-corrected chi connectivity index (χ3v) is 8.05. The summed E-state index contributed by atoms with van der Waals surface area (Å²) in [6, 6.07) is 11.5. The highest BCUT2D eigenvalue weighted by atomic mass is 32.2. The van der Waals surface area contributed by atoms with Crippen LogP contribution in [0.2, 0.25) is 0 Å². The highest BCUT2D eigenvalue weighted by Gasteiger charge is 2.35. The van der Waals surface area contributed by atoms with Gasteiger partial charge in [-0.15, -0.1) is 5.01 Å². The van der Waals surface area contributed by atoms with Gasteiger partial charge in [-0.25, -0.2) is 27.4 Å². The lowest BCUT2D eigenvalue weighted by molar-refractivity contribution is -0.716. The van der Waals surface area contributed by atoms with Crippen LogP contribution in [0.3, 0.4) is 0 Å². The van der Waals surface area contributed by atoms with Crippen molar-refractivity contribution in [2.45, 2.75) is 71.1 Å². The van der Waals surface area contributed by atoms with Crippen LogP contribution in [0, 0.1) is 18.0 Å². The van der Waals surface area contributed by atoms with Crippen molar-refractivity contribution >= 4 is 22.3 Å². The largest absolute Gasteiger partial charge is 0.569 e. The SMILES string of the molecule is Cc1ccc(-c2cc(C(F)(F)F)nn2-c2ccc(S(=O)(=O)NC(=O)OC[C@H](C(C)C)N(C)[N+]([O-])=NOC(C)OC(=O)OC(C)C)cc2)cc1. The van der Waals surface area contributed by atoms with Crippen molar-refractivity contribution in [3.63, 3.8) is 0 Å². The molecule has 0 spiro atoms. The molecule has 2 aromatic carbocycles. The molecule has 1 unspecified atom stereocenters. The van der Waals surface area contributed by atoms with Crippen molar-refractivity contribution in [2.75, 3.05) is 13.7 Å². The highest BCUT2D eigenvalue weighted by molar-refractivity contribution is 7.90. The Morgan fingerprint density at radius 3 is 2.20 bits per heavy atom. The van der Waals surface area contributed by atoms with Gasteiger partial charge in [0.2, 0.25) is 5.28 Å². The number of likely N-dealkylation sites (N-methyl/N-ethyl adjacent to an activating group) is 1. The molecule has 0 fully saturated rings. The van der Waals surface area contributed by atoms with Gasteiger partial charge < -0.3 is 19.4 Å². The van der Waals surface area contributed by atoms with E-state index in [0.717, 1.165) is 33.5 Å². The minimum absolute atomic E-state index is 0.0272. The molecule has 1 heterocycles. The van der Waals surface area contributed by atoms with E-state index in [0.29, 0.717) is 5.56 Å². The van der Waals surface area contributed by atoms with E-state index in [1.54, 1.807) is 56.7 Å². The lowest BCUT2D eigenvalue weighted by Crippen LogP contribution is -2.45. The van der Waals surface area contributed by atoms with Gasteiger partial charge in [0.25, 0.3) is 16.3 Å². The molecule has 3 rings (SSSR count). The number of aromatic nitrogens is 2. The Balaban J connectivity index is 1.68. The third-order valence-electron chi connectivity index (χ3n) is 6.72. The third kappa shape index (κ3) is 10.7. The summed E-state index contributed by atoms with van der Waals surface area (Å²) >= 11 is 0. The van der Waals surface area contributed by atoms with Gasteiger partial charge in [0.05, 0.1) is 34.4 Å². The van der Waals surface area contributed by atoms with Crippen LogP contribution in [0.4, 0.5) is 22.8 Å². The molecule has 2 atom stereocenters. The second-order valence-electron chi connectivity index (χ2n) is 11.3. The van der Waals surface area contributed by atoms with Crippen LogP contribution in [-0.2, 0) is 35.2 Å². The standard InChI is InChI=1S/C30H37F3N6O9S/c1-18(2)26(37(7)39(42)36-48-21(6)47-29(41)46-19(3)4)17-45-28(40)35-49(43,44)24-14-12-23(13-15-24)38-25(16-27(34-38)30(31,32)33)22-10-8-20(5)9-11-22/h8-16,18-19,21,26H,17H2,1-7H3,(H,35,40)/t21?,26-/m1/s1. The number of rotatable bonds is 13. The zero-order chi connectivity index (χ0) is 36.7. The molecular weight excluding hydrogens is 677 g/mol. The molecule has 19 heteroatoms. The lowest BCUT2D eigenvalue weighted by Gasteiger charge is -2.26. The Labute approximate surface area is 280 Å². The topological polar surface area (TPSA) is 177 Å². The molecule has 0 radical (unpaired) electrons. The minimum Gasteiger partial charge on any atom is -0.569 e. The summed E-state index contributed by atoms with van der Waals surface area (Å²) in [5, 5.41) is 20.5. The van der Waals surface area contributed by atoms with E-state index >= 15 is 0 Å². The van der Waals surface area contributed by atoms with Crippen molar-refractivity contribution in [1.29, 1.82) is 0 Å². The molecule has 3 aromatic rings. The second kappa shape index (κ2) is 15.9. The zero-order valence-electron chi connectivity index (χ0n) is 27.7. The maximum atomic E-state index is 13.5. The maximum absolute atomic E-state index is 13.5. The molecule has 0 saturated carbocycles. The Morgan fingerprint density at radius 2 is 1.65 bits per heavy atom. The smallest absolute Gasteiger partial charge is 0.511 e. The molecule has 1 amide bonds. The van der Waals surface area contributed by atoms with E-state index in [-0.39, 0.29) is 27.2 Å². The number of hydrazine groups is 1. The number of amides is 1. The van der Waals surface area contributed by atoms with E-state index in [1.165, 1.54) is 26.1 Å². The highest BCUT2D eigenvalue weighted by Crippen LogP contribution is 2.33. The second-order valence-corrected chi connectivity index (χ2v) is 13.0. The summed E-state index contributed by atoms with van der Waals surface area (Å²) in [4.78, 5) is 28.5. The van der Waals surface area contributed by atoms with Gasteiger partial charge in [0, 0.05) is 12.5 Å². The Morgan fingerprint density at radius 1 is 1.04 bits per heavy atom. The Bertz CT molecular complexity index is 1730. The number of alkyl halides is 3. The number of ether oxygens (including phenoxy) is 3. The van der Waals surface area contributed by atoms with Crippen LogP contribution in [0.15, 0.2) is 64.8 Å².